The Morgan fingerprint density at radius 1 is 1.04 bits per heavy atom. The standard InChI is InChI=1S/C19H18Cl2N2O5/c20-11-7-12(21)9-13(8-11)22-16(24)10-28-17(25)5-6-23-18(26)14-3-1-2-4-15(14)19(23)27/h1-2,7-9,14-15H,3-6,10H2,(H,22,24)/t14-,15-/m1/s1. The summed E-state index contributed by atoms with van der Waals surface area (Å²) in [5.74, 6) is -2.39. The Bertz CT molecular complexity index is 808. The lowest BCUT2D eigenvalue weighted by Crippen LogP contribution is -2.33. The number of ether oxygens (including phenoxy) is 1. The molecule has 0 unspecified atom stereocenters. The lowest BCUT2D eigenvalue weighted by atomic mass is 9.85. The summed E-state index contributed by atoms with van der Waals surface area (Å²) in [6.45, 7) is -0.547. The van der Waals surface area contributed by atoms with E-state index in [0.717, 1.165) is 4.90 Å². The molecule has 0 radical (unpaired) electrons. The molecule has 28 heavy (non-hydrogen) atoms. The number of benzene rings is 1. The minimum Gasteiger partial charge on any atom is -0.456 e. The maximum atomic E-state index is 12.3. The van der Waals surface area contributed by atoms with E-state index in [9.17, 15) is 19.2 Å². The molecular formula is C19H18Cl2N2O5. The highest BCUT2D eigenvalue weighted by Crippen LogP contribution is 2.35. The van der Waals surface area contributed by atoms with Crippen molar-refractivity contribution in [3.05, 3.63) is 40.4 Å². The number of hydrogen-bond donors (Lipinski definition) is 1. The molecule has 7 nitrogen and oxygen atoms in total. The lowest BCUT2D eigenvalue weighted by molar-refractivity contribution is -0.148. The smallest absolute Gasteiger partial charge is 0.308 e. The average Bonchev–Trinajstić information content (AvgIpc) is 2.88. The van der Waals surface area contributed by atoms with Crippen molar-refractivity contribution in [3.63, 3.8) is 0 Å². The van der Waals surface area contributed by atoms with E-state index in [4.69, 9.17) is 27.9 Å². The molecule has 1 heterocycles. The molecular weight excluding hydrogens is 407 g/mol. The van der Waals surface area contributed by atoms with E-state index in [2.05, 4.69) is 5.32 Å². The van der Waals surface area contributed by atoms with Crippen LogP contribution in [0.4, 0.5) is 5.69 Å². The van der Waals surface area contributed by atoms with Crippen molar-refractivity contribution < 1.29 is 23.9 Å². The van der Waals surface area contributed by atoms with Crippen LogP contribution in [0.25, 0.3) is 0 Å². The molecule has 2 aliphatic rings. The van der Waals surface area contributed by atoms with Gasteiger partial charge in [-0.3, -0.25) is 24.1 Å². The first-order valence-electron chi connectivity index (χ1n) is 8.77. The third kappa shape index (κ3) is 4.72. The van der Waals surface area contributed by atoms with E-state index >= 15 is 0 Å². The molecule has 1 aliphatic carbocycles. The Balaban J connectivity index is 1.44. The molecule has 9 heteroatoms. The number of likely N-dealkylation sites (tertiary alicyclic amines) is 1. The topological polar surface area (TPSA) is 92.8 Å². The van der Waals surface area contributed by atoms with E-state index in [0.29, 0.717) is 28.6 Å². The first-order chi connectivity index (χ1) is 13.3. The zero-order valence-electron chi connectivity index (χ0n) is 14.8. The number of rotatable bonds is 6. The highest BCUT2D eigenvalue weighted by molar-refractivity contribution is 6.35. The zero-order valence-corrected chi connectivity index (χ0v) is 16.3. The van der Waals surface area contributed by atoms with Crippen LogP contribution in [0.5, 0.6) is 0 Å². The molecule has 1 N–H and O–H groups in total. The van der Waals surface area contributed by atoms with Crippen LogP contribution in [0.3, 0.4) is 0 Å². The number of carbonyl (C=O) groups excluding carboxylic acids is 4. The molecule has 148 valence electrons. The van der Waals surface area contributed by atoms with Crippen molar-refractivity contribution in [2.24, 2.45) is 11.8 Å². The number of halogens is 2. The molecule has 1 aromatic carbocycles. The van der Waals surface area contributed by atoms with Crippen LogP contribution in [-0.2, 0) is 23.9 Å². The number of esters is 1. The molecule has 1 aliphatic heterocycles. The summed E-state index contributed by atoms with van der Waals surface area (Å²) >= 11 is 11.7. The van der Waals surface area contributed by atoms with Crippen molar-refractivity contribution in [1.82, 2.24) is 4.90 Å². The second-order valence-electron chi connectivity index (χ2n) is 6.60. The molecule has 1 aromatic rings. The summed E-state index contributed by atoms with van der Waals surface area (Å²) < 4.78 is 4.91. The highest BCUT2D eigenvalue weighted by Gasteiger charge is 2.46. The van der Waals surface area contributed by atoms with Gasteiger partial charge in [-0.2, -0.15) is 0 Å². The van der Waals surface area contributed by atoms with E-state index in [-0.39, 0.29) is 36.6 Å². The Labute approximate surface area is 171 Å². The summed E-state index contributed by atoms with van der Waals surface area (Å²) in [7, 11) is 0. The van der Waals surface area contributed by atoms with E-state index in [1.165, 1.54) is 18.2 Å². The first kappa shape index (κ1) is 20.4. The van der Waals surface area contributed by atoms with Crippen molar-refractivity contribution in [3.8, 4) is 0 Å². The van der Waals surface area contributed by atoms with Gasteiger partial charge in [0.25, 0.3) is 5.91 Å². The molecule has 2 atom stereocenters. The van der Waals surface area contributed by atoms with Crippen LogP contribution in [0.1, 0.15) is 19.3 Å². The van der Waals surface area contributed by atoms with Crippen LogP contribution < -0.4 is 5.32 Å². The first-order valence-corrected chi connectivity index (χ1v) is 9.52. The van der Waals surface area contributed by atoms with Gasteiger partial charge in [-0.25, -0.2) is 0 Å². The quantitative estimate of drug-likeness (QED) is 0.430. The van der Waals surface area contributed by atoms with Gasteiger partial charge in [-0.1, -0.05) is 35.4 Å². The average molecular weight is 425 g/mol. The lowest BCUT2D eigenvalue weighted by Gasteiger charge is -2.14. The second-order valence-corrected chi connectivity index (χ2v) is 7.47. The van der Waals surface area contributed by atoms with E-state index < -0.39 is 18.5 Å². The molecule has 0 aromatic heterocycles. The zero-order chi connectivity index (χ0) is 20.3. The van der Waals surface area contributed by atoms with Crippen molar-refractivity contribution >= 4 is 52.6 Å². The predicted molar refractivity (Wildman–Crippen MR) is 103 cm³/mol. The van der Waals surface area contributed by atoms with Gasteiger partial charge in [-0.05, 0) is 31.0 Å². The molecule has 1 fully saturated rings. The fourth-order valence-electron chi connectivity index (χ4n) is 3.33. The minimum atomic E-state index is -0.673. The largest absolute Gasteiger partial charge is 0.456 e. The summed E-state index contributed by atoms with van der Waals surface area (Å²) in [4.78, 5) is 49.5. The molecule has 0 bridgehead atoms. The van der Waals surface area contributed by atoms with Crippen LogP contribution >= 0.6 is 23.2 Å². The summed E-state index contributed by atoms with van der Waals surface area (Å²) in [5.41, 5.74) is 0.378. The molecule has 3 amide bonds. The highest BCUT2D eigenvalue weighted by atomic mass is 35.5. The third-order valence-corrected chi connectivity index (χ3v) is 5.09. The molecule has 0 spiro atoms. The third-order valence-electron chi connectivity index (χ3n) is 4.65. The van der Waals surface area contributed by atoms with Gasteiger partial charge in [0.1, 0.15) is 0 Å². The fraction of sp³-hybridized carbons (Fsp3) is 0.368. The van der Waals surface area contributed by atoms with Crippen LogP contribution in [0.15, 0.2) is 30.4 Å². The second kappa shape index (κ2) is 8.75. The van der Waals surface area contributed by atoms with Crippen molar-refractivity contribution in [1.29, 1.82) is 0 Å². The molecule has 3 rings (SSSR count). The Kier molecular flexibility index (Phi) is 6.36. The number of imide groups is 1. The fourth-order valence-corrected chi connectivity index (χ4v) is 3.86. The van der Waals surface area contributed by atoms with E-state index in [1.807, 2.05) is 12.2 Å². The van der Waals surface area contributed by atoms with Gasteiger partial charge >= 0.3 is 5.97 Å². The van der Waals surface area contributed by atoms with Crippen LogP contribution in [-0.4, -0.2) is 41.7 Å². The van der Waals surface area contributed by atoms with Gasteiger partial charge in [0.15, 0.2) is 6.61 Å². The van der Waals surface area contributed by atoms with Gasteiger partial charge in [0.05, 0.1) is 18.3 Å². The Hall–Kier alpha value is -2.38. The normalized spacial score (nSPS) is 20.9. The number of amides is 3. The maximum Gasteiger partial charge on any atom is 0.308 e. The van der Waals surface area contributed by atoms with Crippen LogP contribution in [0.2, 0.25) is 10.0 Å². The van der Waals surface area contributed by atoms with Crippen molar-refractivity contribution in [2.45, 2.75) is 19.3 Å². The number of anilines is 1. The van der Waals surface area contributed by atoms with Gasteiger partial charge in [-0.15, -0.1) is 0 Å². The number of allylic oxidation sites excluding steroid dienone is 2. The van der Waals surface area contributed by atoms with Gasteiger partial charge < -0.3 is 10.1 Å². The number of nitrogens with zero attached hydrogens (tertiary/aromatic N) is 1. The summed E-state index contributed by atoms with van der Waals surface area (Å²) in [6, 6.07) is 4.53. The summed E-state index contributed by atoms with van der Waals surface area (Å²) in [5, 5.41) is 3.23. The summed E-state index contributed by atoms with van der Waals surface area (Å²) in [6.07, 6.45) is 4.72. The number of fused-ring (bicyclic) bond motifs is 1. The minimum absolute atomic E-state index is 0.0466. The van der Waals surface area contributed by atoms with Crippen molar-refractivity contribution in [2.75, 3.05) is 18.5 Å². The number of hydrogen-bond acceptors (Lipinski definition) is 5. The van der Waals surface area contributed by atoms with Gasteiger partial charge in [0.2, 0.25) is 11.8 Å². The van der Waals surface area contributed by atoms with Gasteiger partial charge in [0, 0.05) is 22.3 Å². The Morgan fingerprint density at radius 3 is 2.18 bits per heavy atom. The van der Waals surface area contributed by atoms with Crippen LogP contribution in [0, 0.1) is 11.8 Å². The predicted octanol–water partition coefficient (Wildman–Crippen LogP) is 2.82. The monoisotopic (exact) mass is 424 g/mol. The Morgan fingerprint density at radius 2 is 1.61 bits per heavy atom. The molecule has 0 saturated carbocycles. The SMILES string of the molecule is O=C(COC(=O)CCN1C(=O)[C@@H]2CC=CC[C@H]2C1=O)Nc1cc(Cl)cc(Cl)c1. The molecule has 1 saturated heterocycles. The number of carbonyl (C=O) groups is 4. The maximum absolute atomic E-state index is 12.3. The number of nitrogens with one attached hydrogen (secondary N) is 1. The van der Waals surface area contributed by atoms with E-state index in [1.54, 1.807) is 0 Å².